The van der Waals surface area contributed by atoms with Crippen molar-refractivity contribution in [2.75, 3.05) is 13.2 Å². The van der Waals surface area contributed by atoms with Crippen molar-refractivity contribution in [3.05, 3.63) is 70.5 Å². The number of hydrogen-bond acceptors (Lipinski definition) is 3. The van der Waals surface area contributed by atoms with E-state index in [0.717, 1.165) is 0 Å². The molecule has 0 aliphatic carbocycles. The van der Waals surface area contributed by atoms with Crippen molar-refractivity contribution < 1.29 is 40.2 Å². The summed E-state index contributed by atoms with van der Waals surface area (Å²) in [6.07, 6.45) is -10.8. The molecule has 1 N–H and O–H groups in total. The first-order valence-corrected chi connectivity index (χ1v) is 8.54. The highest BCUT2D eigenvalue weighted by molar-refractivity contribution is 5.33. The molecule has 3 nitrogen and oxygen atoms in total. The van der Waals surface area contributed by atoms with Gasteiger partial charge < -0.3 is 14.8 Å². The van der Waals surface area contributed by atoms with Gasteiger partial charge in [0.05, 0.1) is 30.4 Å². The summed E-state index contributed by atoms with van der Waals surface area (Å²) in [4.78, 5) is 0. The molecule has 0 spiro atoms. The number of alkyl halides is 6. The first-order chi connectivity index (χ1) is 13.5. The Kier molecular flexibility index (Phi) is 6.16. The third-order valence-electron chi connectivity index (χ3n) is 4.31. The molecule has 1 fully saturated rings. The first-order valence-electron chi connectivity index (χ1n) is 8.54. The monoisotopic (exact) mass is 423 g/mol. The maximum atomic E-state index is 13.1. The molecule has 2 atom stereocenters. The number of morpholine rings is 1. The molecule has 10 heteroatoms. The van der Waals surface area contributed by atoms with Crippen LogP contribution in [0.5, 0.6) is 0 Å². The van der Waals surface area contributed by atoms with Crippen molar-refractivity contribution in [1.82, 2.24) is 5.32 Å². The molecule has 0 amide bonds. The fraction of sp³-hybridized carbons (Fsp3) is 0.368. The Bertz CT molecular complexity index is 802. The van der Waals surface area contributed by atoms with E-state index in [2.05, 4.69) is 5.32 Å². The highest BCUT2D eigenvalue weighted by atomic mass is 19.4. The Hall–Kier alpha value is -2.17. The zero-order valence-corrected chi connectivity index (χ0v) is 14.8. The van der Waals surface area contributed by atoms with Gasteiger partial charge in [-0.1, -0.05) is 12.1 Å². The average molecular weight is 423 g/mol. The van der Waals surface area contributed by atoms with Crippen LogP contribution in [0.15, 0.2) is 42.5 Å². The predicted molar refractivity (Wildman–Crippen MR) is 88.1 cm³/mol. The molecule has 1 aliphatic heterocycles. The summed E-state index contributed by atoms with van der Waals surface area (Å²) in [5.74, 6) is -0.452. The smallest absolute Gasteiger partial charge is 0.349 e. The summed E-state index contributed by atoms with van der Waals surface area (Å²) in [6, 6.07) is 6.15. The molecule has 2 aromatic rings. The van der Waals surface area contributed by atoms with Gasteiger partial charge in [0.1, 0.15) is 5.82 Å². The average Bonchev–Trinajstić information content (AvgIpc) is 2.66. The predicted octanol–water partition coefficient (Wildman–Crippen LogP) is 5.07. The van der Waals surface area contributed by atoms with Crippen molar-refractivity contribution in [1.29, 1.82) is 0 Å². The Balaban J connectivity index is 1.80. The molecule has 1 heterocycles. The van der Waals surface area contributed by atoms with Crippen molar-refractivity contribution >= 4 is 0 Å². The second-order valence-electron chi connectivity index (χ2n) is 6.45. The second-order valence-corrected chi connectivity index (χ2v) is 6.45. The number of ether oxygens (including phenoxy) is 2. The van der Waals surface area contributed by atoms with Gasteiger partial charge in [-0.05, 0) is 41.5 Å². The van der Waals surface area contributed by atoms with Crippen molar-refractivity contribution in [3.63, 3.8) is 0 Å². The molecule has 3 rings (SSSR count). The van der Waals surface area contributed by atoms with Gasteiger partial charge in [0.25, 0.3) is 0 Å². The largest absolute Gasteiger partial charge is 0.416 e. The minimum atomic E-state index is -4.93. The lowest BCUT2D eigenvalue weighted by Crippen LogP contribution is -2.43. The van der Waals surface area contributed by atoms with E-state index in [1.165, 1.54) is 24.3 Å². The van der Waals surface area contributed by atoms with Gasteiger partial charge >= 0.3 is 12.4 Å². The first kappa shape index (κ1) is 21.5. The molecule has 1 aliphatic rings. The lowest BCUT2D eigenvalue weighted by atomic mass is 10.0. The number of halogens is 7. The molecular weight excluding hydrogens is 407 g/mol. The van der Waals surface area contributed by atoms with Crippen LogP contribution in [0, 0.1) is 5.82 Å². The summed E-state index contributed by atoms with van der Waals surface area (Å²) < 4.78 is 102. The molecule has 0 radical (unpaired) electrons. The zero-order valence-electron chi connectivity index (χ0n) is 14.8. The van der Waals surface area contributed by atoms with E-state index in [9.17, 15) is 30.7 Å². The van der Waals surface area contributed by atoms with E-state index in [1.807, 2.05) is 0 Å². The third kappa shape index (κ3) is 5.46. The highest BCUT2D eigenvalue weighted by Gasteiger charge is 2.37. The molecular formula is C19H16F7NO2. The quantitative estimate of drug-likeness (QED) is 0.697. The number of nitrogens with one attached hydrogen (secondary N) is 1. The molecule has 158 valence electrons. The van der Waals surface area contributed by atoms with E-state index in [1.54, 1.807) is 0 Å². The standard InChI is InChI=1S/C19H16F7NO2/c20-15-3-1-12(2-4-15)16-17(28-6-5-27-16)29-10-11-7-13(18(21,22)23)9-14(8-11)19(24,25)26/h1-4,7-9,16-17,27H,5-6,10H2/t16-,17+/m0/s1. The van der Waals surface area contributed by atoms with Crippen LogP contribution >= 0.6 is 0 Å². The molecule has 1 saturated heterocycles. The Morgan fingerprint density at radius 1 is 0.931 bits per heavy atom. The summed E-state index contributed by atoms with van der Waals surface area (Å²) in [6.45, 7) is 0.152. The van der Waals surface area contributed by atoms with Gasteiger partial charge in [0.2, 0.25) is 0 Å². The number of rotatable bonds is 4. The van der Waals surface area contributed by atoms with Crippen LogP contribution in [0.4, 0.5) is 30.7 Å². The summed E-state index contributed by atoms with van der Waals surface area (Å²) in [7, 11) is 0. The van der Waals surface area contributed by atoms with E-state index < -0.39 is 48.2 Å². The van der Waals surface area contributed by atoms with Crippen LogP contribution in [0.3, 0.4) is 0 Å². The Labute approximate surface area is 161 Å². The third-order valence-corrected chi connectivity index (χ3v) is 4.31. The van der Waals surface area contributed by atoms with Gasteiger partial charge in [0, 0.05) is 6.54 Å². The zero-order chi connectivity index (χ0) is 21.2. The molecule has 0 unspecified atom stereocenters. The van der Waals surface area contributed by atoms with Crippen LogP contribution < -0.4 is 5.32 Å². The van der Waals surface area contributed by atoms with Crippen LogP contribution in [0.1, 0.15) is 28.3 Å². The molecule has 2 aromatic carbocycles. The maximum absolute atomic E-state index is 13.1. The van der Waals surface area contributed by atoms with E-state index in [4.69, 9.17) is 9.47 Å². The molecule has 29 heavy (non-hydrogen) atoms. The lowest BCUT2D eigenvalue weighted by Gasteiger charge is -2.33. The van der Waals surface area contributed by atoms with E-state index in [0.29, 0.717) is 24.2 Å². The summed E-state index contributed by atoms with van der Waals surface area (Å²) in [5, 5.41) is 3.08. The molecule has 0 bridgehead atoms. The van der Waals surface area contributed by atoms with E-state index >= 15 is 0 Å². The molecule has 0 aromatic heterocycles. The Morgan fingerprint density at radius 2 is 1.52 bits per heavy atom. The Morgan fingerprint density at radius 3 is 2.07 bits per heavy atom. The summed E-state index contributed by atoms with van der Waals surface area (Å²) >= 11 is 0. The van der Waals surface area contributed by atoms with Crippen molar-refractivity contribution in [2.45, 2.75) is 31.3 Å². The van der Waals surface area contributed by atoms with Crippen LogP contribution in [-0.4, -0.2) is 19.4 Å². The molecule has 0 saturated carbocycles. The van der Waals surface area contributed by atoms with Gasteiger partial charge in [0.15, 0.2) is 6.29 Å². The SMILES string of the molecule is Fc1ccc([C@@H]2NCCO[C@@H]2OCc2cc(C(F)(F)F)cc(C(F)(F)F)c2)cc1. The van der Waals surface area contributed by atoms with Gasteiger partial charge in [-0.25, -0.2) is 4.39 Å². The van der Waals surface area contributed by atoms with Crippen molar-refractivity contribution in [2.24, 2.45) is 0 Å². The minimum Gasteiger partial charge on any atom is -0.349 e. The van der Waals surface area contributed by atoms with Gasteiger partial charge in [-0.15, -0.1) is 0 Å². The number of benzene rings is 2. The van der Waals surface area contributed by atoms with Crippen LogP contribution in [0.25, 0.3) is 0 Å². The van der Waals surface area contributed by atoms with Crippen LogP contribution in [-0.2, 0) is 28.4 Å². The fourth-order valence-electron chi connectivity index (χ4n) is 2.95. The second kappa shape index (κ2) is 8.29. The summed E-state index contributed by atoms with van der Waals surface area (Å²) in [5.41, 5.74) is -2.51. The minimum absolute atomic E-state index is 0.0590. The van der Waals surface area contributed by atoms with Crippen molar-refractivity contribution in [3.8, 4) is 0 Å². The topological polar surface area (TPSA) is 30.5 Å². The van der Waals surface area contributed by atoms with Gasteiger partial charge in [-0.3, -0.25) is 0 Å². The fourth-order valence-corrected chi connectivity index (χ4v) is 2.95. The van der Waals surface area contributed by atoms with Crippen LogP contribution in [0.2, 0.25) is 0 Å². The van der Waals surface area contributed by atoms with E-state index in [-0.39, 0.29) is 18.2 Å². The number of hydrogen-bond donors (Lipinski definition) is 1. The van der Waals surface area contributed by atoms with Gasteiger partial charge in [-0.2, -0.15) is 26.3 Å². The normalized spacial score (nSPS) is 20.7. The lowest BCUT2D eigenvalue weighted by molar-refractivity contribution is -0.184. The highest BCUT2D eigenvalue weighted by Crippen LogP contribution is 2.36. The maximum Gasteiger partial charge on any atom is 0.416 e.